The lowest BCUT2D eigenvalue weighted by atomic mass is 10.1. The molecule has 5 N–H and O–H groups in total. The molecule has 3 heterocycles. The summed E-state index contributed by atoms with van der Waals surface area (Å²) < 4.78 is 13.4. The molecule has 4 rings (SSSR count). The Balaban J connectivity index is 1.50. The third-order valence-electron chi connectivity index (χ3n) is 5.73. The molecule has 1 saturated heterocycles. The number of fused-ring (bicyclic) bond motifs is 1. The van der Waals surface area contributed by atoms with Crippen LogP contribution in [0.1, 0.15) is 43.4 Å². The maximum absolute atomic E-state index is 12.7. The lowest BCUT2D eigenvalue weighted by Gasteiger charge is -2.24. The first-order valence-electron chi connectivity index (χ1n) is 11.5. The minimum absolute atomic E-state index is 0.0900. The van der Waals surface area contributed by atoms with Gasteiger partial charge in [0.25, 0.3) is 0 Å². The maximum atomic E-state index is 12.7. The summed E-state index contributed by atoms with van der Waals surface area (Å²) in [6.45, 7) is 4.79. The van der Waals surface area contributed by atoms with Crippen LogP contribution in [0.3, 0.4) is 0 Å². The van der Waals surface area contributed by atoms with Crippen LogP contribution in [0.2, 0.25) is 0 Å². The highest BCUT2D eigenvalue weighted by atomic mass is 32.1. The number of β-amino-alcohol motifs (C(OH)–C–C–N with tert-alkyl or cyclic N) is 1. The van der Waals surface area contributed by atoms with Gasteiger partial charge in [-0.15, -0.1) is 21.5 Å². The molecule has 1 aliphatic rings. The number of aromatic nitrogens is 3. The molecule has 11 nitrogen and oxygen atoms in total. The van der Waals surface area contributed by atoms with Gasteiger partial charge < -0.3 is 30.7 Å². The minimum atomic E-state index is -1.13. The number of rotatable bonds is 11. The molecule has 0 radical (unpaired) electrons. The standard InChI is InChI=1S/C23H32N6O5S/c1-23(2,24)20(31)25-18(13-33-11-15-6-4-3-5-7-15)19-26-27-21-29(19)16(14-35-21)12-34-22(32)28-9-8-17(30)10-28/h3-7,14,17-18,22,30,32H,8-13,24H2,1-2H3,(H,25,31)/t17-,18-,22?/m1/s1. The third kappa shape index (κ3) is 6.41. The van der Waals surface area contributed by atoms with Crippen LogP contribution in [0.25, 0.3) is 4.96 Å². The number of benzene rings is 1. The fourth-order valence-electron chi connectivity index (χ4n) is 3.75. The fraction of sp³-hybridized carbons (Fsp3) is 0.522. The Morgan fingerprint density at radius 3 is 2.77 bits per heavy atom. The molecule has 1 amide bonds. The predicted molar refractivity (Wildman–Crippen MR) is 129 cm³/mol. The van der Waals surface area contributed by atoms with E-state index in [0.29, 0.717) is 36.9 Å². The van der Waals surface area contributed by atoms with E-state index in [9.17, 15) is 15.0 Å². The number of aliphatic hydroxyl groups excluding tert-OH is 2. The van der Waals surface area contributed by atoms with Crippen LogP contribution in [-0.4, -0.2) is 73.4 Å². The third-order valence-corrected chi connectivity index (χ3v) is 6.60. The summed E-state index contributed by atoms with van der Waals surface area (Å²) in [5, 5.41) is 33.4. The number of amides is 1. The van der Waals surface area contributed by atoms with Crippen LogP contribution in [0, 0.1) is 0 Å². The predicted octanol–water partition coefficient (Wildman–Crippen LogP) is 0.761. The molecule has 0 aliphatic carbocycles. The quantitative estimate of drug-likeness (QED) is 0.278. The summed E-state index contributed by atoms with van der Waals surface area (Å²) >= 11 is 1.38. The zero-order valence-electron chi connectivity index (χ0n) is 19.8. The number of nitrogens with two attached hydrogens (primary N) is 1. The molecule has 3 aromatic rings. The van der Waals surface area contributed by atoms with Crippen molar-refractivity contribution in [2.75, 3.05) is 19.7 Å². The van der Waals surface area contributed by atoms with E-state index < -0.39 is 24.1 Å². The van der Waals surface area contributed by atoms with Crippen LogP contribution in [-0.2, 0) is 27.5 Å². The van der Waals surface area contributed by atoms with Crippen LogP contribution in [0.5, 0.6) is 0 Å². The number of ether oxygens (including phenoxy) is 2. The number of likely N-dealkylation sites (tertiary alicyclic amines) is 1. The van der Waals surface area contributed by atoms with Crippen molar-refractivity contribution in [3.05, 3.63) is 52.8 Å². The highest BCUT2D eigenvalue weighted by Gasteiger charge is 2.30. The second-order valence-corrected chi connectivity index (χ2v) is 10.1. The van der Waals surface area contributed by atoms with E-state index in [1.165, 1.54) is 11.3 Å². The van der Waals surface area contributed by atoms with E-state index in [2.05, 4.69) is 15.5 Å². The molecule has 0 bridgehead atoms. The van der Waals surface area contributed by atoms with Gasteiger partial charge in [0, 0.05) is 18.5 Å². The Kier molecular flexibility index (Phi) is 8.12. The summed E-state index contributed by atoms with van der Waals surface area (Å²) in [5.41, 5.74) is 6.65. The molecule has 3 atom stereocenters. The van der Waals surface area contributed by atoms with E-state index >= 15 is 0 Å². The van der Waals surface area contributed by atoms with Gasteiger partial charge in [0.1, 0.15) is 6.04 Å². The number of hydrogen-bond donors (Lipinski definition) is 4. The summed E-state index contributed by atoms with van der Waals surface area (Å²) in [7, 11) is 0. The Morgan fingerprint density at radius 2 is 2.09 bits per heavy atom. The summed E-state index contributed by atoms with van der Waals surface area (Å²) in [4.78, 5) is 15.0. The molecular weight excluding hydrogens is 472 g/mol. The highest BCUT2D eigenvalue weighted by molar-refractivity contribution is 7.15. The smallest absolute Gasteiger partial charge is 0.240 e. The monoisotopic (exact) mass is 504 g/mol. The minimum Gasteiger partial charge on any atom is -0.392 e. The molecule has 35 heavy (non-hydrogen) atoms. The summed E-state index contributed by atoms with van der Waals surface area (Å²) in [6.07, 6.45) is -0.997. The number of thiazole rings is 1. The number of hydrogen-bond acceptors (Lipinski definition) is 10. The van der Waals surface area contributed by atoms with Crippen LogP contribution in [0.4, 0.5) is 0 Å². The topological polar surface area (TPSA) is 147 Å². The van der Waals surface area contributed by atoms with Crippen molar-refractivity contribution in [3.8, 4) is 0 Å². The molecule has 0 saturated carbocycles. The zero-order chi connectivity index (χ0) is 25.0. The molecule has 1 aliphatic heterocycles. The van der Waals surface area contributed by atoms with Gasteiger partial charge >= 0.3 is 0 Å². The number of nitrogens with one attached hydrogen (secondary N) is 1. The van der Waals surface area contributed by atoms with E-state index in [4.69, 9.17) is 15.2 Å². The van der Waals surface area contributed by atoms with E-state index in [1.807, 2.05) is 35.7 Å². The summed E-state index contributed by atoms with van der Waals surface area (Å²) in [5.74, 6) is 0.134. The lowest BCUT2D eigenvalue weighted by Crippen LogP contribution is -2.51. The van der Waals surface area contributed by atoms with Gasteiger partial charge in [-0.3, -0.25) is 14.1 Å². The number of nitrogens with zero attached hydrogens (tertiary/aromatic N) is 4. The van der Waals surface area contributed by atoms with Crippen LogP contribution in [0.15, 0.2) is 35.7 Å². The first-order valence-corrected chi connectivity index (χ1v) is 12.3. The number of aliphatic hydroxyl groups is 2. The van der Waals surface area contributed by atoms with Gasteiger partial charge in [0.05, 0.1) is 37.2 Å². The molecule has 1 aromatic carbocycles. The average Bonchev–Trinajstić information content (AvgIpc) is 3.54. The first kappa shape index (κ1) is 25.6. The van der Waals surface area contributed by atoms with E-state index in [-0.39, 0.29) is 19.1 Å². The SMILES string of the molecule is CC(C)(N)C(=O)N[C@H](COCc1ccccc1)c1nnc2scc(COC(O)N3CC[C@@H](O)C3)n12. The lowest BCUT2D eigenvalue weighted by molar-refractivity contribution is -0.195. The largest absolute Gasteiger partial charge is 0.392 e. The molecular formula is C23H32N6O5S. The van der Waals surface area contributed by atoms with Crippen LogP contribution < -0.4 is 11.1 Å². The molecule has 2 aromatic heterocycles. The Hall–Kier alpha value is -2.45. The van der Waals surface area contributed by atoms with E-state index in [0.717, 1.165) is 11.3 Å². The molecule has 0 spiro atoms. The number of carbonyl (C=O) groups excluding carboxylic acids is 1. The normalized spacial score (nSPS) is 18.7. The molecule has 1 fully saturated rings. The van der Waals surface area contributed by atoms with E-state index in [1.54, 1.807) is 23.1 Å². The Bertz CT molecular complexity index is 1110. The first-order chi connectivity index (χ1) is 16.7. The van der Waals surface area contributed by atoms with Gasteiger partial charge in [-0.1, -0.05) is 30.3 Å². The maximum Gasteiger partial charge on any atom is 0.240 e. The molecule has 12 heteroatoms. The van der Waals surface area contributed by atoms with Crippen molar-refractivity contribution >= 4 is 22.2 Å². The Labute approximate surface area is 207 Å². The van der Waals surface area contributed by atoms with Gasteiger partial charge in [0.15, 0.2) is 5.82 Å². The zero-order valence-corrected chi connectivity index (χ0v) is 20.6. The van der Waals surface area contributed by atoms with Crippen molar-refractivity contribution in [3.63, 3.8) is 0 Å². The van der Waals surface area contributed by atoms with Crippen LogP contribution >= 0.6 is 11.3 Å². The molecule has 190 valence electrons. The van der Waals surface area contributed by atoms with Crippen molar-refractivity contribution in [1.82, 2.24) is 24.8 Å². The van der Waals surface area contributed by atoms with Gasteiger partial charge in [-0.05, 0) is 25.8 Å². The highest BCUT2D eigenvalue weighted by Crippen LogP contribution is 2.23. The number of carbonyl (C=O) groups is 1. The van der Waals surface area contributed by atoms with Gasteiger partial charge in [-0.2, -0.15) is 0 Å². The second kappa shape index (κ2) is 11.1. The average molecular weight is 505 g/mol. The Morgan fingerprint density at radius 1 is 1.31 bits per heavy atom. The fourth-order valence-corrected chi connectivity index (χ4v) is 4.57. The van der Waals surface area contributed by atoms with Crippen molar-refractivity contribution in [2.45, 2.75) is 57.6 Å². The van der Waals surface area contributed by atoms with Crippen molar-refractivity contribution in [1.29, 1.82) is 0 Å². The summed E-state index contributed by atoms with van der Waals surface area (Å²) in [6, 6.07) is 9.12. The van der Waals surface area contributed by atoms with Gasteiger partial charge in [-0.25, -0.2) is 0 Å². The second-order valence-electron chi connectivity index (χ2n) is 9.23. The van der Waals surface area contributed by atoms with Crippen molar-refractivity contribution in [2.24, 2.45) is 5.73 Å². The molecule has 1 unspecified atom stereocenters. The van der Waals surface area contributed by atoms with Gasteiger partial charge in [0.2, 0.25) is 17.3 Å². The van der Waals surface area contributed by atoms with Crippen molar-refractivity contribution < 1.29 is 24.5 Å².